The molecule has 1 saturated carbocycles. The van der Waals surface area contributed by atoms with Gasteiger partial charge in [0.1, 0.15) is 0 Å². The highest BCUT2D eigenvalue weighted by molar-refractivity contribution is 4.98. The van der Waals surface area contributed by atoms with Crippen LogP contribution in [0.4, 0.5) is 0 Å². The summed E-state index contributed by atoms with van der Waals surface area (Å²) in [6.07, 6.45) is 9.40. The van der Waals surface area contributed by atoms with Crippen LogP contribution in [-0.2, 0) is 0 Å². The lowest BCUT2D eigenvalue weighted by molar-refractivity contribution is 0.212. The summed E-state index contributed by atoms with van der Waals surface area (Å²) in [7, 11) is 2.11. The van der Waals surface area contributed by atoms with E-state index in [0.29, 0.717) is 6.04 Å². The van der Waals surface area contributed by atoms with Gasteiger partial charge in [-0.05, 0) is 44.6 Å². The van der Waals surface area contributed by atoms with E-state index < -0.39 is 0 Å². The molecular formula is C15H29N. The van der Waals surface area contributed by atoms with Gasteiger partial charge in [0.2, 0.25) is 0 Å². The van der Waals surface area contributed by atoms with Crippen molar-refractivity contribution in [2.75, 3.05) is 7.05 Å². The highest BCUT2D eigenvalue weighted by atomic mass is 14.9. The van der Waals surface area contributed by atoms with Crippen LogP contribution in [0.3, 0.4) is 0 Å². The monoisotopic (exact) mass is 223 g/mol. The van der Waals surface area contributed by atoms with Gasteiger partial charge >= 0.3 is 0 Å². The average Bonchev–Trinajstić information content (AvgIpc) is 2.35. The summed E-state index contributed by atoms with van der Waals surface area (Å²) >= 11 is 0. The van der Waals surface area contributed by atoms with Gasteiger partial charge < -0.3 is 5.32 Å². The molecule has 0 aromatic rings. The van der Waals surface area contributed by atoms with Crippen LogP contribution in [0.25, 0.3) is 0 Å². The van der Waals surface area contributed by atoms with Crippen molar-refractivity contribution in [3.05, 3.63) is 12.2 Å². The van der Waals surface area contributed by atoms with Crippen molar-refractivity contribution in [3.8, 4) is 0 Å². The molecule has 1 aliphatic carbocycles. The second-order valence-corrected chi connectivity index (χ2v) is 5.40. The summed E-state index contributed by atoms with van der Waals surface area (Å²) in [4.78, 5) is 0. The van der Waals surface area contributed by atoms with E-state index in [2.05, 4.69) is 32.8 Å². The minimum absolute atomic E-state index is 0.668. The normalized spacial score (nSPS) is 27.7. The van der Waals surface area contributed by atoms with E-state index in [4.69, 9.17) is 0 Å². The predicted octanol–water partition coefficient (Wildman–Crippen LogP) is 4.15. The summed E-state index contributed by atoms with van der Waals surface area (Å²) in [5.41, 5.74) is 1.40. The molecule has 0 heterocycles. The van der Waals surface area contributed by atoms with Crippen molar-refractivity contribution in [3.63, 3.8) is 0 Å². The number of nitrogens with one attached hydrogen (secondary N) is 1. The maximum Gasteiger partial charge on any atom is 0.0129 e. The Kier molecular flexibility index (Phi) is 6.12. The van der Waals surface area contributed by atoms with E-state index in [1.807, 2.05) is 0 Å². The third-order valence-corrected chi connectivity index (χ3v) is 4.35. The molecule has 0 aliphatic heterocycles. The van der Waals surface area contributed by atoms with Crippen LogP contribution >= 0.6 is 0 Å². The first kappa shape index (κ1) is 13.8. The number of hydrogen-bond acceptors (Lipinski definition) is 1. The van der Waals surface area contributed by atoms with Crippen molar-refractivity contribution in [1.82, 2.24) is 5.32 Å². The van der Waals surface area contributed by atoms with Gasteiger partial charge in [0.05, 0.1) is 0 Å². The number of rotatable bonds is 6. The third kappa shape index (κ3) is 3.93. The second-order valence-electron chi connectivity index (χ2n) is 5.40. The molecule has 0 bridgehead atoms. The van der Waals surface area contributed by atoms with Crippen LogP contribution in [0.2, 0.25) is 0 Å². The molecule has 1 heteroatoms. The third-order valence-electron chi connectivity index (χ3n) is 4.35. The Morgan fingerprint density at radius 1 is 1.38 bits per heavy atom. The first-order chi connectivity index (χ1) is 7.71. The van der Waals surface area contributed by atoms with Gasteiger partial charge in [0.15, 0.2) is 0 Å². The molecule has 1 fully saturated rings. The molecule has 0 spiro atoms. The van der Waals surface area contributed by atoms with Crippen LogP contribution in [0.15, 0.2) is 12.2 Å². The molecule has 0 amide bonds. The van der Waals surface area contributed by atoms with Crippen LogP contribution < -0.4 is 5.32 Å². The molecule has 16 heavy (non-hydrogen) atoms. The Balaban J connectivity index is 2.48. The van der Waals surface area contributed by atoms with Crippen LogP contribution in [0.1, 0.15) is 58.8 Å². The Bertz CT molecular complexity index is 209. The Hall–Kier alpha value is -0.300. The van der Waals surface area contributed by atoms with Crippen LogP contribution in [0.5, 0.6) is 0 Å². The van der Waals surface area contributed by atoms with Gasteiger partial charge in [-0.15, -0.1) is 0 Å². The molecule has 0 radical (unpaired) electrons. The van der Waals surface area contributed by atoms with Crippen molar-refractivity contribution in [2.24, 2.45) is 11.8 Å². The molecule has 0 aromatic carbocycles. The fraction of sp³-hybridized carbons (Fsp3) is 0.867. The summed E-state index contributed by atoms with van der Waals surface area (Å²) < 4.78 is 0. The summed E-state index contributed by atoms with van der Waals surface area (Å²) in [5.74, 6) is 1.86. The lowest BCUT2D eigenvalue weighted by Gasteiger charge is -2.34. The first-order valence-corrected chi connectivity index (χ1v) is 7.05. The minimum atomic E-state index is 0.668. The first-order valence-electron chi connectivity index (χ1n) is 7.05. The van der Waals surface area contributed by atoms with Gasteiger partial charge in [-0.2, -0.15) is 0 Å². The summed E-state index contributed by atoms with van der Waals surface area (Å²) in [6.45, 7) is 8.71. The fourth-order valence-electron chi connectivity index (χ4n) is 3.03. The maximum absolute atomic E-state index is 4.15. The SMILES string of the molecule is C=C(CC)CC(NC)C1CCCC(CC)C1. The van der Waals surface area contributed by atoms with E-state index in [9.17, 15) is 0 Å². The van der Waals surface area contributed by atoms with Gasteiger partial charge in [0, 0.05) is 6.04 Å². The Morgan fingerprint density at radius 3 is 2.69 bits per heavy atom. The van der Waals surface area contributed by atoms with Crippen LogP contribution in [-0.4, -0.2) is 13.1 Å². The van der Waals surface area contributed by atoms with Gasteiger partial charge in [0.25, 0.3) is 0 Å². The Labute approximate surface area is 102 Å². The molecule has 0 saturated heterocycles. The quantitative estimate of drug-likeness (QED) is 0.667. The molecule has 1 aliphatic rings. The molecular weight excluding hydrogens is 194 g/mol. The highest BCUT2D eigenvalue weighted by Gasteiger charge is 2.26. The average molecular weight is 223 g/mol. The lowest BCUT2D eigenvalue weighted by Crippen LogP contribution is -2.36. The maximum atomic E-state index is 4.15. The smallest absolute Gasteiger partial charge is 0.0129 e. The largest absolute Gasteiger partial charge is 0.316 e. The van der Waals surface area contributed by atoms with Gasteiger partial charge in [-0.1, -0.05) is 45.3 Å². The molecule has 94 valence electrons. The summed E-state index contributed by atoms with van der Waals surface area (Å²) in [5, 5.41) is 3.52. The lowest BCUT2D eigenvalue weighted by atomic mass is 9.75. The zero-order valence-corrected chi connectivity index (χ0v) is 11.4. The van der Waals surface area contributed by atoms with E-state index in [1.54, 1.807) is 0 Å². The molecule has 1 rings (SSSR count). The zero-order valence-electron chi connectivity index (χ0n) is 11.4. The fourth-order valence-corrected chi connectivity index (χ4v) is 3.03. The second kappa shape index (κ2) is 7.11. The number of hydrogen-bond donors (Lipinski definition) is 1. The molecule has 0 aromatic heterocycles. The molecule has 3 unspecified atom stereocenters. The van der Waals surface area contributed by atoms with E-state index in [-0.39, 0.29) is 0 Å². The molecule has 3 atom stereocenters. The van der Waals surface area contributed by atoms with Gasteiger partial charge in [-0.25, -0.2) is 0 Å². The summed E-state index contributed by atoms with van der Waals surface area (Å²) in [6, 6.07) is 0.668. The van der Waals surface area contributed by atoms with E-state index >= 15 is 0 Å². The highest BCUT2D eigenvalue weighted by Crippen LogP contribution is 2.34. The van der Waals surface area contributed by atoms with E-state index in [1.165, 1.54) is 44.1 Å². The standard InChI is InChI=1S/C15H29N/c1-5-12(3)10-15(16-4)14-9-7-8-13(6-2)11-14/h13-16H,3,5-11H2,1-2,4H3. The van der Waals surface area contributed by atoms with Crippen molar-refractivity contribution < 1.29 is 0 Å². The molecule has 1 N–H and O–H groups in total. The Morgan fingerprint density at radius 2 is 2.12 bits per heavy atom. The topological polar surface area (TPSA) is 12.0 Å². The minimum Gasteiger partial charge on any atom is -0.316 e. The molecule has 1 nitrogen and oxygen atoms in total. The van der Waals surface area contributed by atoms with Gasteiger partial charge in [-0.3, -0.25) is 0 Å². The van der Waals surface area contributed by atoms with Crippen molar-refractivity contribution >= 4 is 0 Å². The van der Waals surface area contributed by atoms with Crippen molar-refractivity contribution in [1.29, 1.82) is 0 Å². The van der Waals surface area contributed by atoms with Crippen molar-refractivity contribution in [2.45, 2.75) is 64.8 Å². The zero-order chi connectivity index (χ0) is 12.0. The van der Waals surface area contributed by atoms with Crippen LogP contribution in [0, 0.1) is 11.8 Å². The van der Waals surface area contributed by atoms with E-state index in [0.717, 1.165) is 18.3 Å². The predicted molar refractivity (Wildman–Crippen MR) is 72.6 cm³/mol.